The van der Waals surface area contributed by atoms with Crippen molar-refractivity contribution < 1.29 is 10.2 Å². The Kier molecular flexibility index (Phi) is 4.77. The van der Waals surface area contributed by atoms with Gasteiger partial charge in [-0.25, -0.2) is 0 Å². The lowest BCUT2D eigenvalue weighted by Gasteiger charge is -2.19. The fourth-order valence-corrected chi connectivity index (χ4v) is 2.72. The highest BCUT2D eigenvalue weighted by molar-refractivity contribution is 7.12. The molecule has 0 aliphatic carbocycles. The molecule has 86 valence electrons. The predicted octanol–water partition coefficient (Wildman–Crippen LogP) is 2.68. The van der Waals surface area contributed by atoms with E-state index in [-0.39, 0.29) is 0 Å². The summed E-state index contributed by atoms with van der Waals surface area (Å²) < 4.78 is 0. The van der Waals surface area contributed by atoms with Crippen molar-refractivity contribution in [3.63, 3.8) is 0 Å². The van der Waals surface area contributed by atoms with Crippen LogP contribution in [0.5, 0.6) is 0 Å². The Bertz CT molecular complexity index is 294. The number of aliphatic hydroxyl groups is 2. The summed E-state index contributed by atoms with van der Waals surface area (Å²) in [6.07, 6.45) is 0.398. The maximum Gasteiger partial charge on any atom is 0.0802 e. The predicted molar refractivity (Wildman–Crippen MR) is 64.4 cm³/mol. The first kappa shape index (κ1) is 12.7. The molecule has 3 unspecified atom stereocenters. The number of thiophene rings is 1. The zero-order chi connectivity index (χ0) is 11.4. The molecule has 1 rings (SSSR count). The Balaban J connectivity index is 2.64. The number of rotatable bonds is 5. The van der Waals surface area contributed by atoms with Crippen molar-refractivity contribution in [2.45, 2.75) is 51.7 Å². The number of hydrogen-bond donors (Lipinski definition) is 2. The average Bonchev–Trinajstić information content (AvgIpc) is 2.60. The lowest BCUT2D eigenvalue weighted by Crippen LogP contribution is -2.24. The van der Waals surface area contributed by atoms with Gasteiger partial charge in [0.2, 0.25) is 0 Å². The molecule has 1 heterocycles. The molecule has 2 nitrogen and oxygen atoms in total. The van der Waals surface area contributed by atoms with Crippen LogP contribution in [0, 0.1) is 6.92 Å². The quantitative estimate of drug-likeness (QED) is 0.813. The maximum absolute atomic E-state index is 9.65. The van der Waals surface area contributed by atoms with E-state index in [0.717, 1.165) is 6.42 Å². The molecular weight excluding hydrogens is 208 g/mol. The van der Waals surface area contributed by atoms with Crippen LogP contribution >= 0.6 is 11.3 Å². The van der Waals surface area contributed by atoms with Gasteiger partial charge in [-0.05, 0) is 44.7 Å². The van der Waals surface area contributed by atoms with Crippen molar-refractivity contribution in [2.24, 2.45) is 0 Å². The standard InChI is InChI=1S/C12H20O2S/c1-4-10(7-11(14)9(3)13)12-6-5-8(2)15-12/h5-6,9-11,13-14H,4,7H2,1-3H3. The van der Waals surface area contributed by atoms with Gasteiger partial charge in [0.05, 0.1) is 12.2 Å². The molecule has 3 heteroatoms. The molecule has 1 aromatic rings. The molecule has 3 atom stereocenters. The Hall–Kier alpha value is -0.380. The second kappa shape index (κ2) is 5.64. The molecule has 0 aromatic carbocycles. The van der Waals surface area contributed by atoms with E-state index in [1.54, 1.807) is 18.3 Å². The molecule has 0 aliphatic rings. The van der Waals surface area contributed by atoms with Crippen LogP contribution in [-0.4, -0.2) is 22.4 Å². The SMILES string of the molecule is CCC(CC(O)C(C)O)c1ccc(C)s1. The van der Waals surface area contributed by atoms with Crippen LogP contribution in [0.4, 0.5) is 0 Å². The summed E-state index contributed by atoms with van der Waals surface area (Å²) in [6.45, 7) is 5.84. The van der Waals surface area contributed by atoms with Crippen LogP contribution in [0.15, 0.2) is 12.1 Å². The van der Waals surface area contributed by atoms with Crippen molar-refractivity contribution >= 4 is 11.3 Å². The third kappa shape index (κ3) is 3.59. The lowest BCUT2D eigenvalue weighted by molar-refractivity contribution is 0.0217. The number of aryl methyl sites for hydroxylation is 1. The van der Waals surface area contributed by atoms with Crippen LogP contribution in [-0.2, 0) is 0 Å². The smallest absolute Gasteiger partial charge is 0.0802 e. The fraction of sp³-hybridized carbons (Fsp3) is 0.667. The Morgan fingerprint density at radius 3 is 2.40 bits per heavy atom. The van der Waals surface area contributed by atoms with Gasteiger partial charge in [0, 0.05) is 9.75 Å². The maximum atomic E-state index is 9.65. The van der Waals surface area contributed by atoms with Gasteiger partial charge in [-0.1, -0.05) is 6.92 Å². The van der Waals surface area contributed by atoms with E-state index in [0.29, 0.717) is 12.3 Å². The van der Waals surface area contributed by atoms with Gasteiger partial charge in [-0.2, -0.15) is 0 Å². The van der Waals surface area contributed by atoms with Crippen molar-refractivity contribution in [1.82, 2.24) is 0 Å². The highest BCUT2D eigenvalue weighted by Gasteiger charge is 2.19. The molecule has 0 fully saturated rings. The second-order valence-electron chi connectivity index (χ2n) is 4.10. The first-order chi connectivity index (χ1) is 7.04. The molecule has 2 N–H and O–H groups in total. The molecular formula is C12H20O2S. The molecule has 0 saturated carbocycles. The van der Waals surface area contributed by atoms with Gasteiger partial charge in [0.15, 0.2) is 0 Å². The number of hydrogen-bond acceptors (Lipinski definition) is 3. The largest absolute Gasteiger partial charge is 0.391 e. The van der Waals surface area contributed by atoms with Crippen molar-refractivity contribution in [1.29, 1.82) is 0 Å². The summed E-state index contributed by atoms with van der Waals surface area (Å²) in [5, 5.41) is 18.9. The van der Waals surface area contributed by atoms with Gasteiger partial charge in [0.25, 0.3) is 0 Å². The molecule has 0 amide bonds. The van der Waals surface area contributed by atoms with Crippen LogP contribution in [0.1, 0.15) is 42.4 Å². The minimum atomic E-state index is -0.639. The summed E-state index contributed by atoms with van der Waals surface area (Å²) in [7, 11) is 0. The van der Waals surface area contributed by atoms with E-state index in [4.69, 9.17) is 0 Å². The summed E-state index contributed by atoms with van der Waals surface area (Å²) in [5.41, 5.74) is 0. The van der Waals surface area contributed by atoms with E-state index in [1.165, 1.54) is 9.75 Å². The second-order valence-corrected chi connectivity index (χ2v) is 5.42. The highest BCUT2D eigenvalue weighted by atomic mass is 32.1. The Morgan fingerprint density at radius 1 is 1.33 bits per heavy atom. The summed E-state index contributed by atoms with van der Waals surface area (Å²) >= 11 is 1.78. The summed E-state index contributed by atoms with van der Waals surface area (Å²) in [5.74, 6) is 0.369. The molecule has 15 heavy (non-hydrogen) atoms. The molecule has 0 bridgehead atoms. The summed E-state index contributed by atoms with van der Waals surface area (Å²) in [6, 6.07) is 4.24. The van der Waals surface area contributed by atoms with Crippen LogP contribution in [0.2, 0.25) is 0 Å². The van der Waals surface area contributed by atoms with Crippen molar-refractivity contribution in [3.8, 4) is 0 Å². The Morgan fingerprint density at radius 2 is 2.00 bits per heavy atom. The monoisotopic (exact) mass is 228 g/mol. The average molecular weight is 228 g/mol. The topological polar surface area (TPSA) is 40.5 Å². The van der Waals surface area contributed by atoms with Crippen molar-refractivity contribution in [2.75, 3.05) is 0 Å². The van der Waals surface area contributed by atoms with Crippen molar-refractivity contribution in [3.05, 3.63) is 21.9 Å². The van der Waals surface area contributed by atoms with Gasteiger partial charge >= 0.3 is 0 Å². The minimum Gasteiger partial charge on any atom is -0.391 e. The first-order valence-corrected chi connectivity index (χ1v) is 6.28. The minimum absolute atomic E-state index is 0.369. The van der Waals surface area contributed by atoms with E-state index in [1.807, 2.05) is 0 Å². The van der Waals surface area contributed by atoms with Crippen LogP contribution in [0.3, 0.4) is 0 Å². The van der Waals surface area contributed by atoms with Gasteiger partial charge in [-0.3, -0.25) is 0 Å². The normalized spacial score (nSPS) is 17.4. The zero-order valence-corrected chi connectivity index (χ0v) is 10.4. The first-order valence-electron chi connectivity index (χ1n) is 5.47. The van der Waals surface area contributed by atoms with Gasteiger partial charge in [0.1, 0.15) is 0 Å². The van der Waals surface area contributed by atoms with E-state index >= 15 is 0 Å². The molecule has 0 radical (unpaired) electrons. The van der Waals surface area contributed by atoms with Gasteiger partial charge in [-0.15, -0.1) is 11.3 Å². The van der Waals surface area contributed by atoms with E-state index in [2.05, 4.69) is 26.0 Å². The third-order valence-electron chi connectivity index (χ3n) is 2.74. The lowest BCUT2D eigenvalue weighted by atomic mass is 9.95. The van der Waals surface area contributed by atoms with E-state index in [9.17, 15) is 10.2 Å². The summed E-state index contributed by atoms with van der Waals surface area (Å²) in [4.78, 5) is 2.62. The molecule has 0 spiro atoms. The fourth-order valence-electron chi connectivity index (χ4n) is 1.65. The molecule has 0 saturated heterocycles. The van der Waals surface area contributed by atoms with Crippen LogP contribution in [0.25, 0.3) is 0 Å². The Labute approximate surface area is 95.6 Å². The molecule has 1 aromatic heterocycles. The van der Waals surface area contributed by atoms with Gasteiger partial charge < -0.3 is 10.2 Å². The van der Waals surface area contributed by atoms with Crippen LogP contribution < -0.4 is 0 Å². The third-order valence-corrected chi connectivity index (χ3v) is 3.90. The molecule has 0 aliphatic heterocycles. The van der Waals surface area contributed by atoms with E-state index < -0.39 is 12.2 Å². The highest BCUT2D eigenvalue weighted by Crippen LogP contribution is 2.31. The number of aliphatic hydroxyl groups excluding tert-OH is 2. The zero-order valence-electron chi connectivity index (χ0n) is 9.60.